The van der Waals surface area contributed by atoms with Crippen LogP contribution < -0.4 is 15.4 Å². The van der Waals surface area contributed by atoms with Crippen molar-refractivity contribution in [3.8, 4) is 5.75 Å². The quantitative estimate of drug-likeness (QED) is 0.636. The summed E-state index contributed by atoms with van der Waals surface area (Å²) in [4.78, 5) is 8.94. The molecule has 0 spiro atoms. The number of ether oxygens (including phenoxy) is 1. The van der Waals surface area contributed by atoms with Crippen LogP contribution in [0.1, 0.15) is 31.9 Å². The van der Waals surface area contributed by atoms with Gasteiger partial charge in [0.25, 0.3) is 0 Å². The van der Waals surface area contributed by atoms with Gasteiger partial charge in [-0.3, -0.25) is 0 Å². The molecule has 3 aromatic rings. The van der Waals surface area contributed by atoms with Crippen LogP contribution in [0.4, 0.5) is 17.5 Å². The Kier molecular flexibility index (Phi) is 5.60. The molecule has 0 radical (unpaired) electrons. The molecule has 0 aliphatic carbocycles. The first-order valence-corrected chi connectivity index (χ1v) is 9.02. The molecular formula is C22H26N4O. The van der Waals surface area contributed by atoms with Crippen LogP contribution in [0.2, 0.25) is 0 Å². The highest BCUT2D eigenvalue weighted by atomic mass is 16.5. The van der Waals surface area contributed by atoms with E-state index in [2.05, 4.69) is 59.6 Å². The summed E-state index contributed by atoms with van der Waals surface area (Å²) in [5, 5.41) is 6.69. The van der Waals surface area contributed by atoms with Crippen molar-refractivity contribution in [3.63, 3.8) is 0 Å². The van der Waals surface area contributed by atoms with Gasteiger partial charge in [-0.2, -0.15) is 4.98 Å². The van der Waals surface area contributed by atoms with Gasteiger partial charge >= 0.3 is 0 Å². The summed E-state index contributed by atoms with van der Waals surface area (Å²) < 4.78 is 5.19. The summed E-state index contributed by atoms with van der Waals surface area (Å²) in [7, 11) is 1.67. The highest BCUT2D eigenvalue weighted by Gasteiger charge is 2.17. The van der Waals surface area contributed by atoms with E-state index in [4.69, 9.17) is 4.74 Å². The lowest BCUT2D eigenvalue weighted by atomic mass is 9.86. The second-order valence-electron chi connectivity index (χ2n) is 7.39. The first-order chi connectivity index (χ1) is 13.0. The van der Waals surface area contributed by atoms with Gasteiger partial charge in [0.2, 0.25) is 5.95 Å². The summed E-state index contributed by atoms with van der Waals surface area (Å²) in [5.41, 5.74) is 3.44. The zero-order valence-corrected chi connectivity index (χ0v) is 16.3. The second kappa shape index (κ2) is 8.08. The molecule has 140 valence electrons. The zero-order valence-electron chi connectivity index (χ0n) is 16.3. The van der Waals surface area contributed by atoms with Gasteiger partial charge in [-0.1, -0.05) is 51.1 Å². The molecule has 0 fully saturated rings. The zero-order chi connectivity index (χ0) is 19.3. The summed E-state index contributed by atoms with van der Waals surface area (Å²) in [6.07, 6.45) is 1.76. The van der Waals surface area contributed by atoms with Crippen molar-refractivity contribution in [2.75, 3.05) is 17.7 Å². The number of methoxy groups -OCH3 is 1. The Labute approximate surface area is 160 Å². The van der Waals surface area contributed by atoms with Gasteiger partial charge in [0.15, 0.2) is 0 Å². The minimum Gasteiger partial charge on any atom is -0.497 e. The van der Waals surface area contributed by atoms with Gasteiger partial charge in [0.1, 0.15) is 11.6 Å². The summed E-state index contributed by atoms with van der Waals surface area (Å²) in [6, 6.07) is 18.1. The summed E-state index contributed by atoms with van der Waals surface area (Å²) in [5.74, 6) is 2.20. The number of para-hydroxylation sites is 1. The first kappa shape index (κ1) is 18.7. The van der Waals surface area contributed by atoms with Crippen molar-refractivity contribution in [1.29, 1.82) is 0 Å². The Morgan fingerprint density at radius 2 is 1.70 bits per heavy atom. The molecule has 1 heterocycles. The van der Waals surface area contributed by atoms with Crippen LogP contribution in [0, 0.1) is 0 Å². The van der Waals surface area contributed by atoms with Crippen molar-refractivity contribution < 1.29 is 4.74 Å². The number of rotatable bonds is 6. The SMILES string of the molecule is COc1ccc(CNc2ccnc(Nc3ccccc3C(C)(C)C)n2)cc1. The van der Waals surface area contributed by atoms with Gasteiger partial charge in [-0.05, 0) is 40.8 Å². The van der Waals surface area contributed by atoms with Gasteiger partial charge < -0.3 is 15.4 Å². The molecule has 0 bridgehead atoms. The lowest BCUT2D eigenvalue weighted by Crippen LogP contribution is -2.14. The molecule has 5 nitrogen and oxygen atoms in total. The molecule has 27 heavy (non-hydrogen) atoms. The van der Waals surface area contributed by atoms with Gasteiger partial charge in [-0.25, -0.2) is 4.98 Å². The van der Waals surface area contributed by atoms with E-state index in [1.165, 1.54) is 5.56 Å². The number of nitrogens with one attached hydrogen (secondary N) is 2. The molecule has 1 aromatic heterocycles. The number of hydrogen-bond donors (Lipinski definition) is 2. The van der Waals surface area contributed by atoms with Crippen molar-refractivity contribution in [3.05, 3.63) is 71.9 Å². The molecule has 2 aromatic carbocycles. The average Bonchev–Trinajstić information content (AvgIpc) is 2.67. The third-order valence-corrected chi connectivity index (χ3v) is 4.27. The molecule has 0 aliphatic heterocycles. The van der Waals surface area contributed by atoms with Crippen LogP contribution in [-0.4, -0.2) is 17.1 Å². The van der Waals surface area contributed by atoms with E-state index in [1.807, 2.05) is 36.4 Å². The molecule has 0 atom stereocenters. The van der Waals surface area contributed by atoms with E-state index in [1.54, 1.807) is 13.3 Å². The van der Waals surface area contributed by atoms with Crippen molar-refractivity contribution >= 4 is 17.5 Å². The van der Waals surface area contributed by atoms with Gasteiger partial charge in [0, 0.05) is 18.4 Å². The number of aromatic nitrogens is 2. The summed E-state index contributed by atoms with van der Waals surface area (Å²) >= 11 is 0. The van der Waals surface area contributed by atoms with Gasteiger partial charge in [0.05, 0.1) is 7.11 Å². The molecule has 0 aliphatic rings. The highest BCUT2D eigenvalue weighted by Crippen LogP contribution is 2.30. The molecule has 0 unspecified atom stereocenters. The first-order valence-electron chi connectivity index (χ1n) is 9.02. The third-order valence-electron chi connectivity index (χ3n) is 4.27. The molecule has 5 heteroatoms. The van der Waals surface area contributed by atoms with E-state index in [0.717, 1.165) is 22.8 Å². The minimum absolute atomic E-state index is 0.0355. The van der Waals surface area contributed by atoms with Crippen molar-refractivity contribution in [2.24, 2.45) is 0 Å². The average molecular weight is 362 g/mol. The van der Waals surface area contributed by atoms with Crippen molar-refractivity contribution in [2.45, 2.75) is 32.7 Å². The van der Waals surface area contributed by atoms with Crippen LogP contribution in [0.5, 0.6) is 5.75 Å². The van der Waals surface area contributed by atoms with E-state index in [0.29, 0.717) is 12.5 Å². The highest BCUT2D eigenvalue weighted by molar-refractivity contribution is 5.61. The van der Waals surface area contributed by atoms with Crippen LogP contribution in [0.25, 0.3) is 0 Å². The van der Waals surface area contributed by atoms with Crippen LogP contribution in [-0.2, 0) is 12.0 Å². The predicted octanol–water partition coefficient (Wildman–Crippen LogP) is 5.14. The fraction of sp³-hybridized carbons (Fsp3) is 0.273. The van der Waals surface area contributed by atoms with E-state index < -0.39 is 0 Å². The number of anilines is 3. The van der Waals surface area contributed by atoms with Gasteiger partial charge in [-0.15, -0.1) is 0 Å². The van der Waals surface area contributed by atoms with E-state index in [-0.39, 0.29) is 5.41 Å². The Morgan fingerprint density at radius 3 is 2.41 bits per heavy atom. The van der Waals surface area contributed by atoms with Crippen LogP contribution in [0.15, 0.2) is 60.8 Å². The fourth-order valence-corrected chi connectivity index (χ4v) is 2.82. The lowest BCUT2D eigenvalue weighted by Gasteiger charge is -2.23. The smallest absolute Gasteiger partial charge is 0.229 e. The third kappa shape index (κ3) is 4.97. The van der Waals surface area contributed by atoms with Crippen LogP contribution >= 0.6 is 0 Å². The molecule has 0 amide bonds. The monoisotopic (exact) mass is 362 g/mol. The second-order valence-corrected chi connectivity index (χ2v) is 7.39. The number of benzene rings is 2. The number of hydrogen-bond acceptors (Lipinski definition) is 5. The van der Waals surface area contributed by atoms with Crippen LogP contribution in [0.3, 0.4) is 0 Å². The molecule has 0 saturated heterocycles. The number of nitrogens with zero attached hydrogens (tertiary/aromatic N) is 2. The topological polar surface area (TPSA) is 59.1 Å². The van der Waals surface area contributed by atoms with Crippen molar-refractivity contribution in [1.82, 2.24) is 9.97 Å². The standard InChI is InChI=1S/C22H26N4O/c1-22(2,3)18-7-5-6-8-19(18)25-21-23-14-13-20(26-21)24-15-16-9-11-17(27-4)12-10-16/h5-14H,15H2,1-4H3,(H2,23,24,25,26). The molecule has 3 rings (SSSR count). The Hall–Kier alpha value is -3.08. The predicted molar refractivity (Wildman–Crippen MR) is 111 cm³/mol. The molecule has 2 N–H and O–H groups in total. The maximum atomic E-state index is 5.19. The van der Waals surface area contributed by atoms with E-state index >= 15 is 0 Å². The fourth-order valence-electron chi connectivity index (χ4n) is 2.82. The molecule has 0 saturated carbocycles. The summed E-state index contributed by atoms with van der Waals surface area (Å²) in [6.45, 7) is 7.27. The largest absolute Gasteiger partial charge is 0.497 e. The minimum atomic E-state index is 0.0355. The Bertz CT molecular complexity index is 885. The van der Waals surface area contributed by atoms with E-state index in [9.17, 15) is 0 Å². The normalized spacial score (nSPS) is 11.1. The maximum absolute atomic E-state index is 5.19. The Morgan fingerprint density at radius 1 is 0.963 bits per heavy atom. The Balaban J connectivity index is 1.71. The molecular weight excluding hydrogens is 336 g/mol. The lowest BCUT2D eigenvalue weighted by molar-refractivity contribution is 0.414. The maximum Gasteiger partial charge on any atom is 0.229 e.